The minimum atomic E-state index is 0.187. The van der Waals surface area contributed by atoms with E-state index in [0.717, 1.165) is 8.95 Å². The van der Waals surface area contributed by atoms with Gasteiger partial charge < -0.3 is 10.2 Å². The molecule has 2 nitrogen and oxygen atoms in total. The Labute approximate surface area is 191 Å². The summed E-state index contributed by atoms with van der Waals surface area (Å²) in [7, 11) is 0. The van der Waals surface area contributed by atoms with Crippen molar-refractivity contribution in [2.24, 2.45) is 0 Å². The Morgan fingerprint density at radius 1 is 0.433 bits per heavy atom. The van der Waals surface area contributed by atoms with Crippen molar-refractivity contribution in [1.82, 2.24) is 0 Å². The molecule has 2 N–H and O–H groups in total. The van der Waals surface area contributed by atoms with E-state index >= 15 is 0 Å². The number of fused-ring (bicyclic) bond motifs is 2. The third kappa shape index (κ3) is 4.20. The highest BCUT2D eigenvalue weighted by Crippen LogP contribution is 2.42. The maximum atomic E-state index is 10.3. The molecule has 0 fully saturated rings. The van der Waals surface area contributed by atoms with E-state index in [-0.39, 0.29) is 11.5 Å². The van der Waals surface area contributed by atoms with Crippen LogP contribution < -0.4 is 0 Å². The predicted molar refractivity (Wildman–Crippen MR) is 132 cm³/mol. The summed E-state index contributed by atoms with van der Waals surface area (Å²) in [6.45, 7) is 0. The fourth-order valence-corrected chi connectivity index (χ4v) is 4.11. The first-order chi connectivity index (χ1) is 14.5. The molecule has 5 rings (SSSR count). The third-order valence-electron chi connectivity index (χ3n) is 4.86. The van der Waals surface area contributed by atoms with Crippen LogP contribution in [0.5, 0.6) is 11.5 Å². The molecule has 0 aliphatic carbocycles. The number of benzene rings is 5. The van der Waals surface area contributed by atoms with Crippen LogP contribution in [-0.2, 0) is 0 Å². The standard InChI is InChI=1S/C14H8Br2O2.C12H10/c15-7-1-3-9-11(5-7)14(18)10-4-2-8(16)6-12(10)13(9)17;1-3-7-11(8-4-1)12-9-5-2-6-10-12/h1-6,17-18H;1-10H. The molecule has 0 amide bonds. The maximum Gasteiger partial charge on any atom is 0.131 e. The van der Waals surface area contributed by atoms with Gasteiger partial charge in [-0.05, 0) is 47.5 Å². The number of hydrogen-bond acceptors (Lipinski definition) is 2. The van der Waals surface area contributed by atoms with Crippen molar-refractivity contribution in [3.63, 3.8) is 0 Å². The average molecular weight is 522 g/mol. The van der Waals surface area contributed by atoms with Gasteiger partial charge in [-0.2, -0.15) is 0 Å². The first-order valence-electron chi connectivity index (χ1n) is 9.37. The van der Waals surface area contributed by atoms with Crippen molar-refractivity contribution in [2.45, 2.75) is 0 Å². The summed E-state index contributed by atoms with van der Waals surface area (Å²) < 4.78 is 1.72. The Morgan fingerprint density at radius 2 is 0.800 bits per heavy atom. The Bertz CT molecular complexity index is 1210. The lowest BCUT2D eigenvalue weighted by Crippen LogP contribution is -1.82. The second kappa shape index (κ2) is 8.90. The molecule has 148 valence electrons. The number of aromatic hydroxyl groups is 2. The summed E-state index contributed by atoms with van der Waals surface area (Å²) in [5, 5.41) is 23.2. The molecule has 0 aliphatic heterocycles. The molecule has 0 spiro atoms. The minimum absolute atomic E-state index is 0.187. The van der Waals surface area contributed by atoms with Crippen molar-refractivity contribution in [2.75, 3.05) is 0 Å². The topological polar surface area (TPSA) is 40.5 Å². The number of phenolic OH excluding ortho intramolecular Hbond substituents is 2. The van der Waals surface area contributed by atoms with E-state index in [2.05, 4.69) is 80.4 Å². The van der Waals surface area contributed by atoms with Crippen LogP contribution in [0, 0.1) is 0 Å². The lowest BCUT2D eigenvalue weighted by molar-refractivity contribution is 0.478. The first kappa shape index (κ1) is 20.5. The van der Waals surface area contributed by atoms with Gasteiger partial charge in [0.05, 0.1) is 0 Å². The molecule has 0 atom stereocenters. The molecule has 0 aromatic heterocycles. The molecule has 5 aromatic rings. The van der Waals surface area contributed by atoms with Crippen molar-refractivity contribution in [3.8, 4) is 22.6 Å². The van der Waals surface area contributed by atoms with Crippen LogP contribution in [0.4, 0.5) is 0 Å². The summed E-state index contributed by atoms with van der Waals surface area (Å²) in [4.78, 5) is 0. The zero-order valence-corrected chi connectivity index (χ0v) is 19.1. The first-order valence-corrected chi connectivity index (χ1v) is 11.0. The van der Waals surface area contributed by atoms with Crippen molar-refractivity contribution in [1.29, 1.82) is 0 Å². The van der Waals surface area contributed by atoms with E-state index in [1.807, 2.05) is 24.3 Å². The van der Waals surface area contributed by atoms with E-state index in [9.17, 15) is 10.2 Å². The Morgan fingerprint density at radius 3 is 1.17 bits per heavy atom. The molecule has 30 heavy (non-hydrogen) atoms. The van der Waals surface area contributed by atoms with Crippen LogP contribution in [0.25, 0.3) is 32.7 Å². The molecular weight excluding hydrogens is 504 g/mol. The van der Waals surface area contributed by atoms with Crippen LogP contribution in [0.3, 0.4) is 0 Å². The van der Waals surface area contributed by atoms with Crippen LogP contribution in [-0.4, -0.2) is 10.2 Å². The smallest absolute Gasteiger partial charge is 0.131 e. The fraction of sp³-hybridized carbons (Fsp3) is 0. The van der Waals surface area contributed by atoms with Crippen molar-refractivity contribution < 1.29 is 10.2 Å². The molecule has 0 aliphatic rings. The molecular formula is C26H18Br2O2. The van der Waals surface area contributed by atoms with E-state index in [1.54, 1.807) is 24.3 Å². The van der Waals surface area contributed by atoms with Crippen LogP contribution in [0.2, 0.25) is 0 Å². The molecule has 4 heteroatoms. The van der Waals surface area contributed by atoms with Crippen molar-refractivity contribution >= 4 is 53.4 Å². The average Bonchev–Trinajstić information content (AvgIpc) is 2.79. The number of phenols is 2. The fourth-order valence-electron chi connectivity index (χ4n) is 3.39. The van der Waals surface area contributed by atoms with Gasteiger partial charge in [0.2, 0.25) is 0 Å². The lowest BCUT2D eigenvalue weighted by Gasteiger charge is -2.10. The Hall–Kier alpha value is -2.82. The number of hydrogen-bond donors (Lipinski definition) is 2. The largest absolute Gasteiger partial charge is 0.507 e. The summed E-state index contributed by atoms with van der Waals surface area (Å²) in [6.07, 6.45) is 0. The molecule has 0 radical (unpaired) electrons. The van der Waals surface area contributed by atoms with Gasteiger partial charge in [-0.1, -0.05) is 92.5 Å². The molecule has 0 heterocycles. The molecule has 0 bridgehead atoms. The lowest BCUT2D eigenvalue weighted by atomic mass is 10.0. The molecule has 5 aromatic carbocycles. The van der Waals surface area contributed by atoms with Gasteiger partial charge in [0.25, 0.3) is 0 Å². The molecule has 0 saturated heterocycles. The van der Waals surface area contributed by atoms with Gasteiger partial charge in [0, 0.05) is 30.5 Å². The van der Waals surface area contributed by atoms with Gasteiger partial charge in [-0.3, -0.25) is 0 Å². The second-order valence-corrected chi connectivity index (χ2v) is 8.64. The Balaban J connectivity index is 0.000000158. The van der Waals surface area contributed by atoms with Gasteiger partial charge >= 0.3 is 0 Å². The zero-order valence-electron chi connectivity index (χ0n) is 15.9. The normalized spacial score (nSPS) is 10.6. The maximum absolute atomic E-state index is 10.3. The summed E-state index contributed by atoms with van der Waals surface area (Å²) >= 11 is 6.73. The van der Waals surface area contributed by atoms with Gasteiger partial charge in [-0.15, -0.1) is 0 Å². The number of halogens is 2. The summed E-state index contributed by atoms with van der Waals surface area (Å²) in [5.41, 5.74) is 2.55. The highest BCUT2D eigenvalue weighted by Gasteiger charge is 2.13. The SMILES string of the molecule is Oc1c2ccc(Br)cc2c(O)c2ccc(Br)cc12.c1ccc(-c2ccccc2)cc1. The van der Waals surface area contributed by atoms with Gasteiger partial charge in [0.15, 0.2) is 0 Å². The van der Waals surface area contributed by atoms with E-state index < -0.39 is 0 Å². The monoisotopic (exact) mass is 520 g/mol. The molecule has 0 unspecified atom stereocenters. The third-order valence-corrected chi connectivity index (χ3v) is 5.85. The van der Waals surface area contributed by atoms with E-state index in [4.69, 9.17) is 0 Å². The van der Waals surface area contributed by atoms with Gasteiger partial charge in [0.1, 0.15) is 11.5 Å². The van der Waals surface area contributed by atoms with E-state index in [1.165, 1.54) is 11.1 Å². The van der Waals surface area contributed by atoms with Crippen molar-refractivity contribution in [3.05, 3.63) is 106 Å². The predicted octanol–water partition coefficient (Wildman–Crippen LogP) is 8.28. The zero-order chi connectivity index (χ0) is 21.1. The highest BCUT2D eigenvalue weighted by atomic mass is 79.9. The second-order valence-electron chi connectivity index (χ2n) is 6.81. The summed E-state index contributed by atoms with van der Waals surface area (Å²) in [5.74, 6) is 0.373. The quantitative estimate of drug-likeness (QED) is 0.172. The van der Waals surface area contributed by atoms with Crippen LogP contribution in [0.1, 0.15) is 0 Å². The highest BCUT2D eigenvalue weighted by molar-refractivity contribution is 9.10. The number of rotatable bonds is 1. The van der Waals surface area contributed by atoms with E-state index in [0.29, 0.717) is 21.5 Å². The minimum Gasteiger partial charge on any atom is -0.507 e. The van der Waals surface area contributed by atoms with Gasteiger partial charge in [-0.25, -0.2) is 0 Å². The summed E-state index contributed by atoms with van der Waals surface area (Å²) in [6, 6.07) is 31.6. The Kier molecular flexibility index (Phi) is 6.07. The molecule has 0 saturated carbocycles. The van der Waals surface area contributed by atoms with Crippen LogP contribution >= 0.6 is 31.9 Å². The van der Waals surface area contributed by atoms with Crippen LogP contribution in [0.15, 0.2) is 106 Å².